The lowest BCUT2D eigenvalue weighted by atomic mass is 10.2. The van der Waals surface area contributed by atoms with E-state index in [1.54, 1.807) is 24.3 Å². The van der Waals surface area contributed by atoms with E-state index < -0.39 is 20.6 Å². The monoisotopic (exact) mass is 461 g/mol. The highest BCUT2D eigenvalue weighted by atomic mass is 32.2. The minimum Gasteiger partial charge on any atom is -0.497 e. The molecule has 1 heterocycles. The van der Waals surface area contributed by atoms with Crippen LogP contribution in [0.5, 0.6) is 11.5 Å². The van der Waals surface area contributed by atoms with E-state index in [1.165, 1.54) is 43.4 Å². The van der Waals surface area contributed by atoms with Gasteiger partial charge in [-0.1, -0.05) is 12.1 Å². The summed E-state index contributed by atoms with van der Waals surface area (Å²) < 4.78 is 37.4. The van der Waals surface area contributed by atoms with Gasteiger partial charge in [0.1, 0.15) is 11.5 Å². The normalized spacial score (nSPS) is 15.0. The van der Waals surface area contributed by atoms with Crippen LogP contribution < -0.4 is 9.47 Å². The Morgan fingerprint density at radius 3 is 2.19 bits per heavy atom. The van der Waals surface area contributed by atoms with Crippen LogP contribution in [0, 0.1) is 10.1 Å². The van der Waals surface area contributed by atoms with Crippen molar-refractivity contribution >= 4 is 27.7 Å². The molecule has 1 aliphatic heterocycles. The number of carbonyl (C=O) groups excluding carboxylic acids is 1. The first-order chi connectivity index (χ1) is 15.3. The summed E-state index contributed by atoms with van der Waals surface area (Å²) in [4.78, 5) is 24.2. The average Bonchev–Trinajstić information content (AvgIpc) is 2.82. The molecule has 2 aromatic carbocycles. The number of hydrogen-bond donors (Lipinski definition) is 0. The van der Waals surface area contributed by atoms with Crippen molar-refractivity contribution in [3.05, 3.63) is 64.2 Å². The van der Waals surface area contributed by atoms with Gasteiger partial charge >= 0.3 is 0 Å². The quantitative estimate of drug-likeness (QED) is 0.352. The molecule has 32 heavy (non-hydrogen) atoms. The molecule has 10 nitrogen and oxygen atoms in total. The smallest absolute Gasteiger partial charge is 0.289 e. The number of nitrogens with zero attached hydrogens (tertiary/aromatic N) is 3. The Kier molecular flexibility index (Phi) is 7.11. The van der Waals surface area contributed by atoms with Crippen molar-refractivity contribution < 1.29 is 27.6 Å². The number of hydrogen-bond acceptors (Lipinski definition) is 7. The summed E-state index contributed by atoms with van der Waals surface area (Å²) in [6.45, 7) is 0.427. The molecule has 0 N–H and O–H groups in total. The minimum atomic E-state index is -4.05. The lowest BCUT2D eigenvalue weighted by Gasteiger charge is -2.33. The highest BCUT2D eigenvalue weighted by molar-refractivity contribution is 7.89. The second-order valence-electron chi connectivity index (χ2n) is 6.93. The minimum absolute atomic E-state index is 0.0426. The molecule has 1 fully saturated rings. The fraction of sp³-hybridized carbons (Fsp3) is 0.286. The Bertz CT molecular complexity index is 1120. The maximum Gasteiger partial charge on any atom is 0.289 e. The molecule has 0 spiro atoms. The maximum absolute atomic E-state index is 12.9. The fourth-order valence-corrected chi connectivity index (χ4v) is 4.89. The van der Waals surface area contributed by atoms with Gasteiger partial charge in [-0.3, -0.25) is 14.9 Å². The van der Waals surface area contributed by atoms with E-state index in [9.17, 15) is 23.3 Å². The van der Waals surface area contributed by atoms with Crippen LogP contribution in [-0.2, 0) is 14.8 Å². The number of para-hydroxylation sites is 1. The van der Waals surface area contributed by atoms with Crippen LogP contribution in [0.3, 0.4) is 0 Å². The summed E-state index contributed by atoms with van der Waals surface area (Å²) in [5.41, 5.74) is 0.245. The molecular formula is C21H23N3O7S. The lowest BCUT2D eigenvalue weighted by molar-refractivity contribution is -0.387. The summed E-state index contributed by atoms with van der Waals surface area (Å²) in [5, 5.41) is 11.2. The van der Waals surface area contributed by atoms with Gasteiger partial charge in [0.25, 0.3) is 5.69 Å². The summed E-state index contributed by atoms with van der Waals surface area (Å²) >= 11 is 0. The second kappa shape index (κ2) is 9.79. The molecule has 170 valence electrons. The third-order valence-electron chi connectivity index (χ3n) is 5.02. The van der Waals surface area contributed by atoms with Crippen LogP contribution >= 0.6 is 0 Å². The third kappa shape index (κ3) is 5.06. The zero-order valence-corrected chi connectivity index (χ0v) is 18.4. The number of sulfonamides is 1. The van der Waals surface area contributed by atoms with Crippen LogP contribution in [0.15, 0.2) is 53.4 Å². The first kappa shape index (κ1) is 23.2. The Labute approximate surface area is 185 Å². The number of amides is 1. The molecular weight excluding hydrogens is 438 g/mol. The number of piperazine rings is 1. The van der Waals surface area contributed by atoms with Crippen molar-refractivity contribution in [2.24, 2.45) is 0 Å². The first-order valence-electron chi connectivity index (χ1n) is 9.70. The van der Waals surface area contributed by atoms with E-state index in [1.807, 2.05) is 0 Å². The predicted molar refractivity (Wildman–Crippen MR) is 117 cm³/mol. The molecule has 1 aliphatic rings. The van der Waals surface area contributed by atoms with E-state index in [0.29, 0.717) is 17.1 Å². The summed E-state index contributed by atoms with van der Waals surface area (Å²) in [7, 11) is -0.984. The third-order valence-corrected chi connectivity index (χ3v) is 6.97. The fourth-order valence-electron chi connectivity index (χ4n) is 3.31. The Morgan fingerprint density at radius 2 is 1.62 bits per heavy atom. The van der Waals surface area contributed by atoms with Crippen LogP contribution in [0.1, 0.15) is 5.56 Å². The van der Waals surface area contributed by atoms with Gasteiger partial charge in [0, 0.05) is 44.4 Å². The molecule has 0 unspecified atom stereocenters. The van der Waals surface area contributed by atoms with Crippen molar-refractivity contribution in [2.45, 2.75) is 4.90 Å². The molecule has 3 rings (SSSR count). The molecule has 0 aromatic heterocycles. The van der Waals surface area contributed by atoms with Crippen molar-refractivity contribution in [3.8, 4) is 11.5 Å². The van der Waals surface area contributed by atoms with Gasteiger partial charge in [-0.2, -0.15) is 4.31 Å². The summed E-state index contributed by atoms with van der Waals surface area (Å²) in [5.74, 6) is 0.907. The summed E-state index contributed by atoms with van der Waals surface area (Å²) in [6, 6.07) is 10.5. The highest BCUT2D eigenvalue weighted by Gasteiger charge is 2.34. The van der Waals surface area contributed by atoms with Gasteiger partial charge in [-0.05, 0) is 29.8 Å². The maximum atomic E-state index is 12.9. The van der Waals surface area contributed by atoms with Crippen molar-refractivity contribution in [1.82, 2.24) is 9.21 Å². The summed E-state index contributed by atoms with van der Waals surface area (Å²) in [6.07, 6.45) is 3.03. The molecule has 0 radical (unpaired) electrons. The number of carbonyl (C=O) groups is 1. The van der Waals surface area contributed by atoms with Crippen molar-refractivity contribution in [2.75, 3.05) is 40.4 Å². The van der Waals surface area contributed by atoms with Crippen molar-refractivity contribution in [3.63, 3.8) is 0 Å². The molecule has 0 atom stereocenters. The van der Waals surface area contributed by atoms with Crippen LogP contribution in [0.25, 0.3) is 6.08 Å². The van der Waals surface area contributed by atoms with E-state index in [4.69, 9.17) is 9.47 Å². The molecule has 0 saturated carbocycles. The van der Waals surface area contributed by atoms with Crippen molar-refractivity contribution in [1.29, 1.82) is 0 Å². The van der Waals surface area contributed by atoms with E-state index in [0.717, 1.165) is 10.4 Å². The molecule has 0 aliphatic carbocycles. The largest absolute Gasteiger partial charge is 0.497 e. The zero-order valence-electron chi connectivity index (χ0n) is 17.6. The van der Waals surface area contributed by atoms with Gasteiger partial charge in [0.15, 0.2) is 4.90 Å². The number of methoxy groups -OCH3 is 2. The van der Waals surface area contributed by atoms with Crippen LogP contribution in [-0.4, -0.2) is 68.9 Å². The van der Waals surface area contributed by atoms with Crippen LogP contribution in [0.2, 0.25) is 0 Å². The predicted octanol–water partition coefficient (Wildman–Crippen LogP) is 2.16. The molecule has 1 amide bonds. The number of nitro groups is 1. The van der Waals surface area contributed by atoms with E-state index in [-0.39, 0.29) is 37.0 Å². The number of ether oxygens (including phenoxy) is 2. The van der Waals surface area contributed by atoms with Gasteiger partial charge in [0.2, 0.25) is 15.9 Å². The van der Waals surface area contributed by atoms with E-state index in [2.05, 4.69) is 0 Å². The topological polar surface area (TPSA) is 119 Å². The lowest BCUT2D eigenvalue weighted by Crippen LogP contribution is -2.50. The zero-order chi connectivity index (χ0) is 23.3. The highest BCUT2D eigenvalue weighted by Crippen LogP contribution is 2.27. The van der Waals surface area contributed by atoms with Gasteiger partial charge in [-0.25, -0.2) is 8.42 Å². The van der Waals surface area contributed by atoms with E-state index >= 15 is 0 Å². The number of rotatable bonds is 7. The molecule has 11 heteroatoms. The number of nitro benzene ring substituents is 1. The SMILES string of the molecule is COc1cc(/C=C/C(=O)N2CCN(S(=O)(=O)c3ccccc3[N+](=O)[O-])CC2)cc(OC)c1. The Hall–Kier alpha value is -3.44. The second-order valence-corrected chi connectivity index (χ2v) is 8.84. The first-order valence-corrected chi connectivity index (χ1v) is 11.1. The standard InChI is InChI=1S/C21H23N3O7S/c1-30-17-13-16(14-18(15-17)31-2)7-8-21(25)22-9-11-23(12-10-22)32(28,29)20-6-4-3-5-19(20)24(26)27/h3-8,13-15H,9-12H2,1-2H3/b8-7+. The van der Waals surface area contributed by atoms with Gasteiger partial charge in [0.05, 0.1) is 19.1 Å². The van der Waals surface area contributed by atoms with Gasteiger partial charge in [-0.15, -0.1) is 0 Å². The Morgan fingerprint density at radius 1 is 1.03 bits per heavy atom. The average molecular weight is 461 g/mol. The molecule has 0 bridgehead atoms. The molecule has 2 aromatic rings. The molecule has 1 saturated heterocycles. The Balaban J connectivity index is 1.68. The number of benzene rings is 2. The van der Waals surface area contributed by atoms with Gasteiger partial charge < -0.3 is 14.4 Å². The van der Waals surface area contributed by atoms with Crippen LogP contribution in [0.4, 0.5) is 5.69 Å².